The smallest absolute Gasteiger partial charge is 0.278 e. The van der Waals surface area contributed by atoms with Gasteiger partial charge in [-0.1, -0.05) is 44.2 Å². The Bertz CT molecular complexity index is 866. The zero-order valence-corrected chi connectivity index (χ0v) is 18.7. The molecule has 1 atom stereocenters. The minimum absolute atomic E-state index is 0.00565. The molecule has 0 saturated carbocycles. The zero-order valence-electron chi connectivity index (χ0n) is 18.7. The number of anilines is 2. The van der Waals surface area contributed by atoms with Crippen LogP contribution < -0.4 is 16.0 Å². The Morgan fingerprint density at radius 3 is 2.03 bits per heavy atom. The lowest BCUT2D eigenvalue weighted by molar-refractivity contribution is -0.692. The molecule has 0 aliphatic heterocycles. The van der Waals surface area contributed by atoms with Crippen LogP contribution in [0.2, 0.25) is 0 Å². The molecule has 7 heteroatoms. The van der Waals surface area contributed by atoms with E-state index < -0.39 is 0 Å². The van der Waals surface area contributed by atoms with Gasteiger partial charge in [-0.05, 0) is 31.2 Å². The SMILES string of the molecule is CCN(CC(=O)Nc1ccc(NC(C)=O)cc1)C(=O)C[NH2+][C@H](c1ccccc1)C(C)C. The highest BCUT2D eigenvalue weighted by Gasteiger charge is 2.23. The van der Waals surface area contributed by atoms with Gasteiger partial charge in [0.2, 0.25) is 11.8 Å². The van der Waals surface area contributed by atoms with Crippen LogP contribution in [-0.4, -0.2) is 42.3 Å². The van der Waals surface area contributed by atoms with Crippen molar-refractivity contribution in [1.82, 2.24) is 4.90 Å². The summed E-state index contributed by atoms with van der Waals surface area (Å²) in [5.74, 6) is -0.113. The standard InChI is InChI=1S/C24H32N4O3/c1-5-28(16-22(30)27-21-13-11-20(12-14-21)26-18(4)29)23(31)15-25-24(17(2)3)19-9-7-6-8-10-19/h6-14,17,24-25H,5,15-16H2,1-4H3,(H,26,29)(H,27,30)/p+1/t24-/m0/s1. The van der Waals surface area contributed by atoms with Crippen LogP contribution in [0.5, 0.6) is 0 Å². The average molecular weight is 426 g/mol. The second kappa shape index (κ2) is 11.9. The molecule has 0 heterocycles. The van der Waals surface area contributed by atoms with Crippen molar-refractivity contribution in [3.8, 4) is 0 Å². The normalized spacial score (nSPS) is 11.6. The van der Waals surface area contributed by atoms with Gasteiger partial charge >= 0.3 is 0 Å². The van der Waals surface area contributed by atoms with Crippen LogP contribution in [0.3, 0.4) is 0 Å². The molecular weight excluding hydrogens is 392 g/mol. The van der Waals surface area contributed by atoms with E-state index in [4.69, 9.17) is 0 Å². The first-order valence-corrected chi connectivity index (χ1v) is 10.6. The first kappa shape index (κ1) is 24.1. The van der Waals surface area contributed by atoms with Crippen molar-refractivity contribution in [3.63, 3.8) is 0 Å². The molecule has 0 spiro atoms. The van der Waals surface area contributed by atoms with E-state index in [1.54, 1.807) is 29.2 Å². The lowest BCUT2D eigenvalue weighted by Crippen LogP contribution is -2.88. The predicted octanol–water partition coefficient (Wildman–Crippen LogP) is 2.39. The monoisotopic (exact) mass is 425 g/mol. The van der Waals surface area contributed by atoms with Gasteiger partial charge in [-0.25, -0.2) is 0 Å². The van der Waals surface area contributed by atoms with Gasteiger partial charge in [0.15, 0.2) is 6.54 Å². The van der Waals surface area contributed by atoms with Crippen LogP contribution in [0.1, 0.15) is 39.3 Å². The molecule has 0 saturated heterocycles. The van der Waals surface area contributed by atoms with E-state index in [1.165, 1.54) is 12.5 Å². The lowest BCUT2D eigenvalue weighted by atomic mass is 9.96. The molecule has 31 heavy (non-hydrogen) atoms. The van der Waals surface area contributed by atoms with Crippen LogP contribution in [0, 0.1) is 5.92 Å². The zero-order chi connectivity index (χ0) is 22.8. The molecule has 0 aliphatic carbocycles. The summed E-state index contributed by atoms with van der Waals surface area (Å²) in [5.41, 5.74) is 2.46. The fraction of sp³-hybridized carbons (Fsp3) is 0.375. The number of likely N-dealkylation sites (N-methyl/N-ethyl adjacent to an activating group) is 1. The molecule has 166 valence electrons. The average Bonchev–Trinajstić information content (AvgIpc) is 2.73. The van der Waals surface area contributed by atoms with Crippen molar-refractivity contribution in [1.29, 1.82) is 0 Å². The van der Waals surface area contributed by atoms with Gasteiger partial charge in [-0.15, -0.1) is 0 Å². The van der Waals surface area contributed by atoms with Gasteiger partial charge in [0.25, 0.3) is 5.91 Å². The number of hydrogen-bond donors (Lipinski definition) is 3. The molecule has 7 nitrogen and oxygen atoms in total. The van der Waals surface area contributed by atoms with Gasteiger partial charge in [-0.2, -0.15) is 0 Å². The summed E-state index contributed by atoms with van der Waals surface area (Å²) >= 11 is 0. The molecule has 0 bridgehead atoms. The van der Waals surface area contributed by atoms with E-state index >= 15 is 0 Å². The number of carbonyl (C=O) groups is 3. The summed E-state index contributed by atoms with van der Waals surface area (Å²) < 4.78 is 0. The number of quaternary nitrogens is 1. The third-order valence-electron chi connectivity index (χ3n) is 5.01. The lowest BCUT2D eigenvalue weighted by Gasteiger charge is -2.23. The summed E-state index contributed by atoms with van der Waals surface area (Å²) in [6, 6.07) is 17.2. The van der Waals surface area contributed by atoms with Crippen molar-refractivity contribution in [2.75, 3.05) is 30.3 Å². The molecule has 0 radical (unpaired) electrons. The van der Waals surface area contributed by atoms with Crippen LogP contribution >= 0.6 is 0 Å². The van der Waals surface area contributed by atoms with Crippen molar-refractivity contribution >= 4 is 29.1 Å². The Hall–Kier alpha value is -3.19. The Kier molecular flexibility index (Phi) is 9.21. The van der Waals surface area contributed by atoms with E-state index in [1.807, 2.05) is 30.4 Å². The third-order valence-corrected chi connectivity index (χ3v) is 5.01. The van der Waals surface area contributed by atoms with Crippen LogP contribution in [0.4, 0.5) is 11.4 Å². The van der Waals surface area contributed by atoms with E-state index in [0.717, 1.165) is 0 Å². The Balaban J connectivity index is 1.90. The number of hydrogen-bond acceptors (Lipinski definition) is 3. The van der Waals surface area contributed by atoms with E-state index in [0.29, 0.717) is 23.8 Å². The maximum absolute atomic E-state index is 12.7. The summed E-state index contributed by atoms with van der Waals surface area (Å²) in [6.07, 6.45) is 0. The molecule has 0 fully saturated rings. The molecule has 2 aromatic rings. The maximum atomic E-state index is 12.7. The third kappa shape index (κ3) is 7.86. The van der Waals surface area contributed by atoms with Gasteiger partial charge in [-0.3, -0.25) is 14.4 Å². The largest absolute Gasteiger partial charge is 0.332 e. The van der Waals surface area contributed by atoms with Crippen LogP contribution in [0.15, 0.2) is 54.6 Å². The number of benzene rings is 2. The van der Waals surface area contributed by atoms with Crippen LogP contribution in [0.25, 0.3) is 0 Å². The number of nitrogens with two attached hydrogens (primary N) is 1. The topological polar surface area (TPSA) is 95.1 Å². The minimum Gasteiger partial charge on any atom is -0.332 e. The van der Waals surface area contributed by atoms with Gasteiger partial charge in [0.05, 0.1) is 0 Å². The molecule has 3 amide bonds. The summed E-state index contributed by atoms with van der Waals surface area (Å²) in [7, 11) is 0. The quantitative estimate of drug-likeness (QED) is 0.545. The Morgan fingerprint density at radius 1 is 0.935 bits per heavy atom. The molecular formula is C24H33N4O3+. The van der Waals surface area contributed by atoms with Gasteiger partial charge in [0, 0.05) is 36.3 Å². The number of rotatable bonds is 10. The highest BCUT2D eigenvalue weighted by molar-refractivity contribution is 5.95. The van der Waals surface area contributed by atoms with E-state index in [2.05, 4.69) is 36.6 Å². The molecule has 4 N–H and O–H groups in total. The van der Waals surface area contributed by atoms with Crippen molar-refractivity contribution in [2.24, 2.45) is 5.92 Å². The second-order valence-corrected chi connectivity index (χ2v) is 7.83. The van der Waals surface area contributed by atoms with E-state index in [-0.39, 0.29) is 36.9 Å². The summed E-state index contributed by atoms with van der Waals surface area (Å²) in [4.78, 5) is 37.8. The highest BCUT2D eigenvalue weighted by atomic mass is 16.2. The number of nitrogens with zero attached hydrogens (tertiary/aromatic N) is 1. The molecule has 2 rings (SSSR count). The van der Waals surface area contributed by atoms with Gasteiger partial charge < -0.3 is 20.9 Å². The second-order valence-electron chi connectivity index (χ2n) is 7.83. The minimum atomic E-state index is -0.258. The van der Waals surface area contributed by atoms with E-state index in [9.17, 15) is 14.4 Å². The first-order valence-electron chi connectivity index (χ1n) is 10.6. The Labute approximate surface area is 184 Å². The van der Waals surface area contributed by atoms with Crippen molar-refractivity contribution < 1.29 is 19.7 Å². The highest BCUT2D eigenvalue weighted by Crippen LogP contribution is 2.17. The molecule has 0 unspecified atom stereocenters. The summed E-state index contributed by atoms with van der Waals surface area (Å²) in [5, 5.41) is 7.52. The molecule has 2 aromatic carbocycles. The molecule has 0 aromatic heterocycles. The Morgan fingerprint density at radius 2 is 1.52 bits per heavy atom. The van der Waals surface area contributed by atoms with Gasteiger partial charge in [0.1, 0.15) is 12.6 Å². The maximum Gasteiger partial charge on any atom is 0.278 e. The molecule has 0 aliphatic rings. The van der Waals surface area contributed by atoms with Crippen molar-refractivity contribution in [2.45, 2.75) is 33.7 Å². The summed E-state index contributed by atoms with van der Waals surface area (Å²) in [6.45, 7) is 8.32. The number of carbonyl (C=O) groups excluding carboxylic acids is 3. The number of nitrogens with one attached hydrogen (secondary N) is 2. The van der Waals surface area contributed by atoms with Crippen LogP contribution in [-0.2, 0) is 14.4 Å². The first-order chi connectivity index (χ1) is 14.8. The fourth-order valence-electron chi connectivity index (χ4n) is 3.42. The van der Waals surface area contributed by atoms with Crippen molar-refractivity contribution in [3.05, 3.63) is 60.2 Å². The fourth-order valence-corrected chi connectivity index (χ4v) is 3.42. The number of amides is 3. The predicted molar refractivity (Wildman–Crippen MR) is 122 cm³/mol.